The fourth-order valence-corrected chi connectivity index (χ4v) is 3.01. The molecule has 4 nitrogen and oxygen atoms in total. The highest BCUT2D eigenvalue weighted by Gasteiger charge is 2.30. The summed E-state index contributed by atoms with van der Waals surface area (Å²) in [5.74, 6) is -0.116. The number of amides is 1. The summed E-state index contributed by atoms with van der Waals surface area (Å²) in [7, 11) is 0. The second-order valence-corrected chi connectivity index (χ2v) is 6.49. The summed E-state index contributed by atoms with van der Waals surface area (Å²) in [6, 6.07) is 8.02. The molecule has 23 heavy (non-hydrogen) atoms. The van der Waals surface area contributed by atoms with Crippen molar-refractivity contribution in [3.63, 3.8) is 0 Å². The zero-order valence-corrected chi connectivity index (χ0v) is 14.2. The molecule has 0 radical (unpaired) electrons. The third-order valence-electron chi connectivity index (χ3n) is 4.53. The number of aliphatic hydroxyl groups excluding tert-OH is 1. The van der Waals surface area contributed by atoms with E-state index >= 15 is 0 Å². The number of nitrogens with one attached hydrogen (secondary N) is 2. The van der Waals surface area contributed by atoms with E-state index in [1.54, 1.807) is 0 Å². The number of rotatable bonds is 9. The van der Waals surface area contributed by atoms with Crippen LogP contribution in [0.1, 0.15) is 56.6 Å². The van der Waals surface area contributed by atoms with E-state index in [0.717, 1.165) is 12.0 Å². The van der Waals surface area contributed by atoms with Gasteiger partial charge in [0.2, 0.25) is 5.91 Å². The van der Waals surface area contributed by atoms with Gasteiger partial charge in [0.25, 0.3) is 0 Å². The summed E-state index contributed by atoms with van der Waals surface area (Å²) >= 11 is 0. The Bertz CT molecular complexity index is 473. The molecule has 0 bridgehead atoms. The van der Waals surface area contributed by atoms with Crippen molar-refractivity contribution < 1.29 is 9.90 Å². The van der Waals surface area contributed by atoms with Crippen LogP contribution in [-0.2, 0) is 17.8 Å². The topological polar surface area (TPSA) is 61.4 Å². The smallest absolute Gasteiger partial charge is 0.240 e. The molecule has 1 heterocycles. The van der Waals surface area contributed by atoms with Crippen LogP contribution >= 0.6 is 0 Å². The molecule has 1 aromatic rings. The molecule has 1 saturated heterocycles. The second-order valence-electron chi connectivity index (χ2n) is 6.49. The van der Waals surface area contributed by atoms with Crippen LogP contribution in [-0.4, -0.2) is 29.7 Å². The minimum Gasteiger partial charge on any atom is -0.391 e. The van der Waals surface area contributed by atoms with Gasteiger partial charge in [0, 0.05) is 6.54 Å². The zero-order chi connectivity index (χ0) is 16.5. The van der Waals surface area contributed by atoms with E-state index in [0.29, 0.717) is 19.5 Å². The summed E-state index contributed by atoms with van der Waals surface area (Å²) in [5.41, 5.74) is 2.46. The number of hydrogen-bond acceptors (Lipinski definition) is 3. The number of carbonyl (C=O) groups excluding carboxylic acids is 1. The van der Waals surface area contributed by atoms with Gasteiger partial charge >= 0.3 is 0 Å². The van der Waals surface area contributed by atoms with Gasteiger partial charge < -0.3 is 15.7 Å². The molecular weight excluding hydrogens is 288 g/mol. The minimum atomic E-state index is -0.565. The molecule has 0 saturated carbocycles. The van der Waals surface area contributed by atoms with E-state index in [1.807, 2.05) is 0 Å². The Balaban J connectivity index is 1.69. The Morgan fingerprint density at radius 1 is 1.17 bits per heavy atom. The minimum absolute atomic E-state index is 0.116. The van der Waals surface area contributed by atoms with Crippen molar-refractivity contribution in [2.24, 2.45) is 0 Å². The van der Waals surface area contributed by atoms with Crippen LogP contribution in [0.3, 0.4) is 0 Å². The summed E-state index contributed by atoms with van der Waals surface area (Å²) in [4.78, 5) is 12.0. The molecule has 2 atom stereocenters. The standard InChI is InChI=1S/C19H30N2O2/c1-2-3-4-5-6-7-15-8-10-16(11-9-15)14-21-19(23)18-17(22)12-13-20-18/h8-11,17-18,20,22H,2-7,12-14H2,1H3,(H,21,23)/t17-,18-/m0/s1. The first kappa shape index (κ1) is 18.0. The predicted molar refractivity (Wildman–Crippen MR) is 93.2 cm³/mol. The molecule has 3 N–H and O–H groups in total. The van der Waals surface area contributed by atoms with Crippen LogP contribution in [0.15, 0.2) is 24.3 Å². The Morgan fingerprint density at radius 2 is 1.87 bits per heavy atom. The van der Waals surface area contributed by atoms with Gasteiger partial charge in [0.1, 0.15) is 6.04 Å². The van der Waals surface area contributed by atoms with Crippen LogP contribution in [0.5, 0.6) is 0 Å². The van der Waals surface area contributed by atoms with Crippen LogP contribution in [0.4, 0.5) is 0 Å². The lowest BCUT2D eigenvalue weighted by Crippen LogP contribution is -2.45. The first-order valence-corrected chi connectivity index (χ1v) is 8.97. The highest BCUT2D eigenvalue weighted by Crippen LogP contribution is 2.11. The van der Waals surface area contributed by atoms with E-state index in [9.17, 15) is 9.90 Å². The molecule has 1 aliphatic heterocycles. The van der Waals surface area contributed by atoms with E-state index in [-0.39, 0.29) is 5.91 Å². The van der Waals surface area contributed by atoms with Gasteiger partial charge in [0.15, 0.2) is 0 Å². The van der Waals surface area contributed by atoms with E-state index in [2.05, 4.69) is 41.8 Å². The summed E-state index contributed by atoms with van der Waals surface area (Å²) in [6.07, 6.45) is 7.73. The summed E-state index contributed by atoms with van der Waals surface area (Å²) in [5, 5.41) is 15.6. The van der Waals surface area contributed by atoms with Gasteiger partial charge in [-0.25, -0.2) is 0 Å². The third-order valence-corrected chi connectivity index (χ3v) is 4.53. The molecule has 1 aliphatic rings. The number of benzene rings is 1. The van der Waals surface area contributed by atoms with Crippen molar-refractivity contribution in [3.8, 4) is 0 Å². The Kier molecular flexibility index (Phi) is 7.56. The predicted octanol–water partition coefficient (Wildman–Crippen LogP) is 2.54. The van der Waals surface area contributed by atoms with Crippen LogP contribution < -0.4 is 10.6 Å². The van der Waals surface area contributed by atoms with Crippen molar-refractivity contribution >= 4 is 5.91 Å². The Hall–Kier alpha value is -1.39. The molecule has 4 heteroatoms. The quantitative estimate of drug-likeness (QED) is 0.613. The largest absolute Gasteiger partial charge is 0.391 e. The van der Waals surface area contributed by atoms with Gasteiger partial charge in [-0.1, -0.05) is 56.9 Å². The SMILES string of the molecule is CCCCCCCc1ccc(CNC(=O)[C@H]2NCC[C@@H]2O)cc1. The molecule has 128 valence electrons. The number of carbonyl (C=O) groups is 1. The Labute approximate surface area is 139 Å². The first-order chi connectivity index (χ1) is 11.2. The lowest BCUT2D eigenvalue weighted by molar-refractivity contribution is -0.124. The lowest BCUT2D eigenvalue weighted by atomic mass is 10.0. The van der Waals surface area contributed by atoms with Crippen LogP contribution in [0.25, 0.3) is 0 Å². The van der Waals surface area contributed by atoms with Gasteiger partial charge in [-0.3, -0.25) is 4.79 Å². The van der Waals surface area contributed by atoms with E-state index < -0.39 is 12.1 Å². The number of aryl methyl sites for hydroxylation is 1. The number of unbranched alkanes of at least 4 members (excludes halogenated alkanes) is 4. The fraction of sp³-hybridized carbons (Fsp3) is 0.632. The molecule has 1 fully saturated rings. The van der Waals surface area contributed by atoms with Crippen LogP contribution in [0, 0.1) is 0 Å². The number of hydrogen-bond donors (Lipinski definition) is 3. The average molecular weight is 318 g/mol. The van der Waals surface area contributed by atoms with Gasteiger partial charge in [-0.2, -0.15) is 0 Å². The van der Waals surface area contributed by atoms with Crippen molar-refractivity contribution in [1.82, 2.24) is 10.6 Å². The summed E-state index contributed by atoms with van der Waals surface area (Å²) in [6.45, 7) is 3.45. The van der Waals surface area contributed by atoms with Gasteiger partial charge in [0.05, 0.1) is 6.10 Å². The third kappa shape index (κ3) is 5.96. The molecule has 1 amide bonds. The Morgan fingerprint density at radius 3 is 2.52 bits per heavy atom. The normalized spacial score (nSPS) is 20.6. The zero-order valence-electron chi connectivity index (χ0n) is 14.2. The highest BCUT2D eigenvalue weighted by molar-refractivity contribution is 5.82. The monoisotopic (exact) mass is 318 g/mol. The molecular formula is C19H30N2O2. The van der Waals surface area contributed by atoms with Crippen molar-refractivity contribution in [2.75, 3.05) is 6.54 Å². The first-order valence-electron chi connectivity index (χ1n) is 8.97. The average Bonchev–Trinajstić information content (AvgIpc) is 3.00. The maximum Gasteiger partial charge on any atom is 0.240 e. The molecule has 0 unspecified atom stereocenters. The van der Waals surface area contributed by atoms with E-state index in [1.165, 1.54) is 37.7 Å². The van der Waals surface area contributed by atoms with E-state index in [4.69, 9.17) is 0 Å². The molecule has 0 aromatic heterocycles. The number of aliphatic hydroxyl groups is 1. The maximum absolute atomic E-state index is 12.0. The van der Waals surface area contributed by atoms with Gasteiger partial charge in [-0.15, -0.1) is 0 Å². The molecule has 1 aromatic carbocycles. The van der Waals surface area contributed by atoms with Crippen molar-refractivity contribution in [1.29, 1.82) is 0 Å². The summed E-state index contributed by atoms with van der Waals surface area (Å²) < 4.78 is 0. The molecule has 0 aliphatic carbocycles. The van der Waals surface area contributed by atoms with Crippen LogP contribution in [0.2, 0.25) is 0 Å². The maximum atomic E-state index is 12.0. The molecule has 2 rings (SSSR count). The molecule has 0 spiro atoms. The van der Waals surface area contributed by atoms with Gasteiger partial charge in [-0.05, 0) is 36.9 Å². The van der Waals surface area contributed by atoms with Crippen molar-refractivity contribution in [2.45, 2.75) is 70.6 Å². The highest BCUT2D eigenvalue weighted by atomic mass is 16.3. The second kappa shape index (κ2) is 9.68. The van der Waals surface area contributed by atoms with Crippen molar-refractivity contribution in [3.05, 3.63) is 35.4 Å². The lowest BCUT2D eigenvalue weighted by Gasteiger charge is -2.14. The fourth-order valence-electron chi connectivity index (χ4n) is 3.01.